The maximum atomic E-state index is 14.4. The maximum Gasteiger partial charge on any atom is 0.317 e. The average Bonchev–Trinajstić information content (AvgIpc) is 2.68. The van der Waals surface area contributed by atoms with Crippen LogP contribution in [-0.4, -0.2) is 42.9 Å². The second-order valence-electron chi connectivity index (χ2n) is 6.89. The standard InChI is InChI=1S/C21H23BrFN3O2/c1-14(17-5-3-4-6-18(17)22)24-21(28)26-11-9-25(10-12-26)20-8-7-16(15(2)27)13-19(20)23/h3-8,13-14H,9-12H2,1-2H3,(H,24,28). The summed E-state index contributed by atoms with van der Waals surface area (Å²) in [5.41, 5.74) is 1.84. The van der Waals surface area contributed by atoms with E-state index in [1.165, 1.54) is 13.0 Å². The highest BCUT2D eigenvalue weighted by molar-refractivity contribution is 9.10. The Kier molecular flexibility index (Phi) is 6.34. The molecule has 2 aromatic carbocycles. The molecule has 1 fully saturated rings. The summed E-state index contributed by atoms with van der Waals surface area (Å²) in [6, 6.07) is 12.1. The first-order valence-electron chi connectivity index (χ1n) is 9.22. The minimum Gasteiger partial charge on any atom is -0.366 e. The molecule has 1 N–H and O–H groups in total. The molecule has 0 aliphatic carbocycles. The van der Waals surface area contributed by atoms with Gasteiger partial charge in [-0.3, -0.25) is 4.79 Å². The molecule has 0 bridgehead atoms. The van der Waals surface area contributed by atoms with Gasteiger partial charge in [0.1, 0.15) is 5.82 Å². The van der Waals surface area contributed by atoms with E-state index in [9.17, 15) is 14.0 Å². The summed E-state index contributed by atoms with van der Waals surface area (Å²) in [6.07, 6.45) is 0. The Morgan fingerprint density at radius 3 is 2.39 bits per heavy atom. The molecule has 0 radical (unpaired) electrons. The molecule has 0 aromatic heterocycles. The number of urea groups is 1. The van der Waals surface area contributed by atoms with Crippen LogP contribution in [0.2, 0.25) is 0 Å². The highest BCUT2D eigenvalue weighted by Crippen LogP contribution is 2.24. The molecule has 28 heavy (non-hydrogen) atoms. The van der Waals surface area contributed by atoms with E-state index in [1.807, 2.05) is 36.1 Å². The first kappa shape index (κ1) is 20.3. The predicted molar refractivity (Wildman–Crippen MR) is 111 cm³/mol. The van der Waals surface area contributed by atoms with Crippen LogP contribution in [0.3, 0.4) is 0 Å². The predicted octanol–water partition coefficient (Wildman–Crippen LogP) is 4.38. The largest absolute Gasteiger partial charge is 0.366 e. The third-order valence-corrected chi connectivity index (χ3v) is 5.70. The van der Waals surface area contributed by atoms with Gasteiger partial charge in [0.25, 0.3) is 0 Å². The number of hydrogen-bond acceptors (Lipinski definition) is 3. The van der Waals surface area contributed by atoms with E-state index in [2.05, 4.69) is 21.2 Å². The van der Waals surface area contributed by atoms with Gasteiger partial charge >= 0.3 is 6.03 Å². The molecule has 0 saturated carbocycles. The van der Waals surface area contributed by atoms with Gasteiger partial charge in [-0.15, -0.1) is 0 Å². The Bertz CT molecular complexity index is 882. The van der Waals surface area contributed by atoms with Crippen LogP contribution >= 0.6 is 15.9 Å². The van der Waals surface area contributed by atoms with Gasteiger partial charge in [0, 0.05) is 36.2 Å². The first-order valence-corrected chi connectivity index (χ1v) is 10.0. The number of rotatable bonds is 4. The van der Waals surface area contributed by atoms with Crippen LogP contribution < -0.4 is 10.2 Å². The van der Waals surface area contributed by atoms with Gasteiger partial charge in [-0.1, -0.05) is 34.1 Å². The minimum atomic E-state index is -0.409. The van der Waals surface area contributed by atoms with Gasteiger partial charge in [0.05, 0.1) is 11.7 Å². The van der Waals surface area contributed by atoms with Crippen molar-refractivity contribution in [2.45, 2.75) is 19.9 Å². The van der Waals surface area contributed by atoms with Gasteiger partial charge in [-0.25, -0.2) is 9.18 Å². The SMILES string of the molecule is CC(=O)c1ccc(N2CCN(C(=O)NC(C)c3ccccc3Br)CC2)c(F)c1. The molecule has 1 unspecified atom stereocenters. The molecule has 2 amide bonds. The van der Waals surface area contributed by atoms with Crippen LogP contribution in [0.25, 0.3) is 0 Å². The van der Waals surface area contributed by atoms with Crippen LogP contribution in [0, 0.1) is 5.82 Å². The van der Waals surface area contributed by atoms with Crippen molar-refractivity contribution in [2.24, 2.45) is 0 Å². The molecule has 2 aromatic rings. The van der Waals surface area contributed by atoms with Crippen molar-refractivity contribution in [1.29, 1.82) is 0 Å². The lowest BCUT2D eigenvalue weighted by Crippen LogP contribution is -2.52. The zero-order valence-electron chi connectivity index (χ0n) is 15.9. The molecule has 3 rings (SSSR count). The number of halogens is 2. The number of benzene rings is 2. The van der Waals surface area contributed by atoms with Crippen LogP contribution in [0.1, 0.15) is 35.8 Å². The van der Waals surface area contributed by atoms with Gasteiger partial charge in [-0.05, 0) is 43.7 Å². The maximum absolute atomic E-state index is 14.4. The molecule has 1 aliphatic rings. The van der Waals surface area contributed by atoms with Crippen molar-refractivity contribution in [3.63, 3.8) is 0 Å². The second-order valence-corrected chi connectivity index (χ2v) is 7.74. The molecule has 1 heterocycles. The Hall–Kier alpha value is -2.41. The molecule has 0 spiro atoms. The number of ketones is 1. The average molecular weight is 448 g/mol. The van der Waals surface area contributed by atoms with E-state index in [1.54, 1.807) is 17.0 Å². The minimum absolute atomic E-state index is 0.127. The Morgan fingerprint density at radius 1 is 1.11 bits per heavy atom. The van der Waals surface area contributed by atoms with Crippen LogP contribution in [0.4, 0.5) is 14.9 Å². The fraction of sp³-hybridized carbons (Fsp3) is 0.333. The zero-order chi connectivity index (χ0) is 20.3. The summed E-state index contributed by atoms with van der Waals surface area (Å²) < 4.78 is 15.3. The molecule has 7 heteroatoms. The summed E-state index contributed by atoms with van der Waals surface area (Å²) in [5.74, 6) is -0.570. The second kappa shape index (κ2) is 8.73. The van der Waals surface area contributed by atoms with Crippen LogP contribution in [-0.2, 0) is 0 Å². The van der Waals surface area contributed by atoms with Crippen molar-refractivity contribution in [3.8, 4) is 0 Å². The number of carbonyl (C=O) groups is 2. The summed E-state index contributed by atoms with van der Waals surface area (Å²) in [7, 11) is 0. The summed E-state index contributed by atoms with van der Waals surface area (Å²) >= 11 is 3.51. The molecular formula is C21H23BrFN3O2. The molecule has 1 saturated heterocycles. The lowest BCUT2D eigenvalue weighted by atomic mass is 10.1. The van der Waals surface area contributed by atoms with E-state index >= 15 is 0 Å². The molecule has 1 atom stereocenters. The van der Waals surface area contributed by atoms with E-state index in [0.717, 1.165) is 10.0 Å². The molecule has 5 nitrogen and oxygen atoms in total. The number of anilines is 1. The zero-order valence-corrected chi connectivity index (χ0v) is 17.5. The smallest absolute Gasteiger partial charge is 0.317 e. The van der Waals surface area contributed by atoms with Gasteiger partial charge in [-0.2, -0.15) is 0 Å². The van der Waals surface area contributed by atoms with Crippen LogP contribution in [0.15, 0.2) is 46.9 Å². The van der Waals surface area contributed by atoms with Crippen molar-refractivity contribution in [3.05, 3.63) is 63.9 Å². The highest BCUT2D eigenvalue weighted by atomic mass is 79.9. The van der Waals surface area contributed by atoms with Crippen molar-refractivity contribution >= 4 is 33.4 Å². The highest BCUT2D eigenvalue weighted by Gasteiger charge is 2.24. The van der Waals surface area contributed by atoms with E-state index in [4.69, 9.17) is 0 Å². The fourth-order valence-electron chi connectivity index (χ4n) is 3.31. The van der Waals surface area contributed by atoms with Gasteiger partial charge in [0.2, 0.25) is 0 Å². The quantitative estimate of drug-likeness (QED) is 0.707. The Balaban J connectivity index is 1.58. The number of nitrogens with zero attached hydrogens (tertiary/aromatic N) is 2. The topological polar surface area (TPSA) is 52.7 Å². The van der Waals surface area contributed by atoms with Crippen molar-refractivity contribution < 1.29 is 14.0 Å². The monoisotopic (exact) mass is 447 g/mol. The fourth-order valence-corrected chi connectivity index (χ4v) is 3.94. The molecule has 148 valence electrons. The van der Waals surface area contributed by atoms with Gasteiger partial charge in [0.15, 0.2) is 5.78 Å². The molecule has 1 aliphatic heterocycles. The Morgan fingerprint density at radius 2 is 1.79 bits per heavy atom. The number of hydrogen-bond donors (Lipinski definition) is 1. The number of carbonyl (C=O) groups excluding carboxylic acids is 2. The number of amides is 2. The van der Waals surface area contributed by atoms with Crippen LogP contribution in [0.5, 0.6) is 0 Å². The molecular weight excluding hydrogens is 425 g/mol. The van der Waals surface area contributed by atoms with Gasteiger partial charge < -0.3 is 15.1 Å². The Labute approximate surface area is 172 Å². The van der Waals surface area contributed by atoms with E-state index in [-0.39, 0.29) is 17.9 Å². The summed E-state index contributed by atoms with van der Waals surface area (Å²) in [6.45, 7) is 5.44. The number of nitrogens with one attached hydrogen (secondary N) is 1. The van der Waals surface area contributed by atoms with Crippen molar-refractivity contribution in [1.82, 2.24) is 10.2 Å². The van der Waals surface area contributed by atoms with Crippen molar-refractivity contribution in [2.75, 3.05) is 31.1 Å². The number of Topliss-reactive ketones (excluding diaryl/α,β-unsaturated/α-hetero) is 1. The number of piperazine rings is 1. The summed E-state index contributed by atoms with van der Waals surface area (Å²) in [4.78, 5) is 27.6. The first-order chi connectivity index (χ1) is 13.4. The third-order valence-electron chi connectivity index (χ3n) is 4.97. The normalized spacial score (nSPS) is 15.3. The lowest BCUT2D eigenvalue weighted by Gasteiger charge is -2.36. The third kappa shape index (κ3) is 4.52. The van der Waals surface area contributed by atoms with E-state index in [0.29, 0.717) is 37.4 Å². The lowest BCUT2D eigenvalue weighted by molar-refractivity contribution is 0.101. The van der Waals surface area contributed by atoms with E-state index < -0.39 is 5.82 Å². The summed E-state index contributed by atoms with van der Waals surface area (Å²) in [5, 5.41) is 3.02.